The Hall–Kier alpha value is -4.57. The predicted octanol–water partition coefficient (Wildman–Crippen LogP) is -0.651. The van der Waals surface area contributed by atoms with Crippen LogP contribution in [0.3, 0.4) is 0 Å². The van der Waals surface area contributed by atoms with Crippen LogP contribution < -0.4 is 33.2 Å². The third-order valence-electron chi connectivity index (χ3n) is 6.87. The molecule has 0 saturated carbocycles. The third-order valence-corrected chi connectivity index (χ3v) is 7.51. The largest absolute Gasteiger partial charge is 0.480 e. The van der Waals surface area contributed by atoms with Gasteiger partial charge in [0, 0.05) is 42.0 Å². The molecule has 238 valence electrons. The number of aliphatic imine (C=N–C) groups is 1. The molecule has 0 fully saturated rings. The molecule has 4 unspecified atom stereocenters. The number of hydrogen-bond acceptors (Lipinski definition) is 8. The number of thioether (sulfide) groups is 1. The van der Waals surface area contributed by atoms with E-state index in [9.17, 15) is 24.3 Å². The highest BCUT2D eigenvalue weighted by Gasteiger charge is 2.31. The second-order valence-corrected chi connectivity index (χ2v) is 11.2. The van der Waals surface area contributed by atoms with E-state index in [-0.39, 0.29) is 38.2 Å². The van der Waals surface area contributed by atoms with Crippen LogP contribution in [-0.2, 0) is 32.0 Å². The van der Waals surface area contributed by atoms with E-state index in [1.165, 1.54) is 24.3 Å². The van der Waals surface area contributed by atoms with Crippen LogP contribution in [0.15, 0.2) is 48.0 Å². The minimum atomic E-state index is -1.19. The number of H-pyrrole nitrogens is 2. The number of amides is 3. The molecule has 12 N–H and O–H groups in total. The number of guanidine groups is 1. The Balaban J connectivity index is 1.75. The molecular weight excluding hydrogens is 588 g/mol. The van der Waals surface area contributed by atoms with Crippen LogP contribution in [0.5, 0.6) is 0 Å². The maximum absolute atomic E-state index is 13.6. The molecule has 0 bridgehead atoms. The van der Waals surface area contributed by atoms with E-state index in [0.29, 0.717) is 17.9 Å². The molecule has 3 amide bonds. The number of carbonyl (C=O) groups is 4. The second kappa shape index (κ2) is 16.9. The SMILES string of the molecule is CSCCC(NC(=O)C(Cc1cnc[nH]1)NC(=O)C(CCCN=C(N)N)NC(=O)C(N)Cc1c[nH]c2ccccc12)C(=O)O. The van der Waals surface area contributed by atoms with Gasteiger partial charge >= 0.3 is 5.97 Å². The number of hydrogen-bond donors (Lipinski definition) is 9. The molecule has 16 heteroatoms. The van der Waals surface area contributed by atoms with Gasteiger partial charge < -0.3 is 48.2 Å². The number of nitrogens with zero attached hydrogens (tertiary/aromatic N) is 2. The number of carboxylic acids is 1. The molecule has 0 spiro atoms. The number of carboxylic acid groups (broad SMARTS) is 1. The molecule has 44 heavy (non-hydrogen) atoms. The van der Waals surface area contributed by atoms with Crippen molar-refractivity contribution in [3.8, 4) is 0 Å². The highest BCUT2D eigenvalue weighted by atomic mass is 32.2. The quantitative estimate of drug-likeness (QED) is 0.0488. The molecule has 3 rings (SSSR count). The van der Waals surface area contributed by atoms with Crippen LogP contribution in [0, 0.1) is 0 Å². The number of aromatic nitrogens is 3. The Morgan fingerprint density at radius 3 is 2.36 bits per heavy atom. The number of aromatic amines is 2. The molecule has 0 aliphatic carbocycles. The average Bonchev–Trinajstić information content (AvgIpc) is 3.66. The number of aliphatic carboxylic acids is 1. The smallest absolute Gasteiger partial charge is 0.326 e. The molecular formula is C28H40N10O5S. The Morgan fingerprint density at radius 1 is 0.977 bits per heavy atom. The molecule has 15 nitrogen and oxygen atoms in total. The van der Waals surface area contributed by atoms with Gasteiger partial charge in [0.25, 0.3) is 0 Å². The number of rotatable bonds is 18. The Morgan fingerprint density at radius 2 is 1.68 bits per heavy atom. The summed E-state index contributed by atoms with van der Waals surface area (Å²) in [6.45, 7) is 0.206. The van der Waals surface area contributed by atoms with Crippen LogP contribution in [0.2, 0.25) is 0 Å². The van der Waals surface area contributed by atoms with Crippen LogP contribution in [0.4, 0.5) is 0 Å². The maximum atomic E-state index is 13.6. The minimum absolute atomic E-state index is 0.00118. The fourth-order valence-corrected chi connectivity index (χ4v) is 5.02. The molecule has 0 radical (unpaired) electrons. The van der Waals surface area contributed by atoms with Gasteiger partial charge in [0.15, 0.2) is 5.96 Å². The van der Waals surface area contributed by atoms with Gasteiger partial charge in [-0.25, -0.2) is 9.78 Å². The first kappa shape index (κ1) is 33.9. The van der Waals surface area contributed by atoms with E-state index in [4.69, 9.17) is 17.2 Å². The second-order valence-electron chi connectivity index (χ2n) is 10.2. The van der Waals surface area contributed by atoms with Gasteiger partial charge in [0.05, 0.1) is 12.4 Å². The van der Waals surface area contributed by atoms with Crippen molar-refractivity contribution in [2.75, 3.05) is 18.6 Å². The topological polar surface area (TPSA) is 259 Å². The van der Waals surface area contributed by atoms with Crippen molar-refractivity contribution < 1.29 is 24.3 Å². The zero-order valence-corrected chi connectivity index (χ0v) is 25.2. The molecule has 2 aromatic heterocycles. The molecule has 0 aliphatic rings. The summed E-state index contributed by atoms with van der Waals surface area (Å²) in [6.07, 6.45) is 7.43. The Bertz CT molecular complexity index is 1420. The van der Waals surface area contributed by atoms with E-state index in [1.54, 1.807) is 6.20 Å². The van der Waals surface area contributed by atoms with Crippen molar-refractivity contribution in [3.63, 3.8) is 0 Å². The number of fused-ring (bicyclic) bond motifs is 1. The summed E-state index contributed by atoms with van der Waals surface area (Å²) < 4.78 is 0. The number of carbonyl (C=O) groups excluding carboxylic acids is 3. The first-order chi connectivity index (χ1) is 21.1. The molecule has 1 aromatic carbocycles. The first-order valence-corrected chi connectivity index (χ1v) is 15.4. The van der Waals surface area contributed by atoms with E-state index < -0.39 is 47.9 Å². The average molecular weight is 629 g/mol. The fraction of sp³-hybridized carbons (Fsp3) is 0.429. The van der Waals surface area contributed by atoms with Gasteiger partial charge in [0.2, 0.25) is 17.7 Å². The van der Waals surface area contributed by atoms with Gasteiger partial charge in [-0.3, -0.25) is 19.4 Å². The van der Waals surface area contributed by atoms with E-state index in [0.717, 1.165) is 16.5 Å². The van der Waals surface area contributed by atoms with Crippen LogP contribution in [0.1, 0.15) is 30.5 Å². The lowest BCUT2D eigenvalue weighted by Gasteiger charge is -2.25. The van der Waals surface area contributed by atoms with Crippen molar-refractivity contribution in [3.05, 3.63) is 54.2 Å². The van der Waals surface area contributed by atoms with E-state index >= 15 is 0 Å². The van der Waals surface area contributed by atoms with E-state index in [2.05, 4.69) is 35.9 Å². The van der Waals surface area contributed by atoms with Crippen molar-refractivity contribution >= 4 is 52.3 Å². The van der Waals surface area contributed by atoms with Crippen LogP contribution in [-0.4, -0.2) is 92.4 Å². The maximum Gasteiger partial charge on any atom is 0.326 e. The number of benzene rings is 1. The highest BCUT2D eigenvalue weighted by Crippen LogP contribution is 2.19. The lowest BCUT2D eigenvalue weighted by Crippen LogP contribution is -2.57. The van der Waals surface area contributed by atoms with Crippen LogP contribution in [0.25, 0.3) is 10.9 Å². The van der Waals surface area contributed by atoms with E-state index in [1.807, 2.05) is 30.5 Å². The highest BCUT2D eigenvalue weighted by molar-refractivity contribution is 7.98. The minimum Gasteiger partial charge on any atom is -0.480 e. The van der Waals surface area contributed by atoms with Crippen molar-refractivity contribution in [1.29, 1.82) is 0 Å². The summed E-state index contributed by atoms with van der Waals surface area (Å²) in [5.41, 5.74) is 19.4. The standard InChI is InChI=1S/C28H40N10O5S/c1-44-10-8-22(27(42)43)37-26(41)23(12-17-14-32-15-35-17)38-25(40)21(7-4-9-33-28(30)31)36-24(39)19(29)11-16-13-34-20-6-3-2-5-18(16)20/h2-3,5-6,13-15,19,21-23,34H,4,7-12,29H2,1H3,(H,32,35)(H,36,39)(H,37,41)(H,38,40)(H,42,43)(H4,30,31,33). The van der Waals surface area contributed by atoms with Gasteiger partial charge in [-0.2, -0.15) is 11.8 Å². The first-order valence-electron chi connectivity index (χ1n) is 14.0. The lowest BCUT2D eigenvalue weighted by atomic mass is 10.0. The fourth-order valence-electron chi connectivity index (χ4n) is 4.54. The predicted molar refractivity (Wildman–Crippen MR) is 169 cm³/mol. The Kier molecular flexibility index (Phi) is 13.0. The van der Waals surface area contributed by atoms with Gasteiger partial charge in [-0.15, -0.1) is 0 Å². The number of nitrogens with one attached hydrogen (secondary N) is 5. The van der Waals surface area contributed by atoms with Gasteiger partial charge in [0.1, 0.15) is 18.1 Å². The molecule has 2 heterocycles. The summed E-state index contributed by atoms with van der Waals surface area (Å²) in [5.74, 6) is -2.69. The van der Waals surface area contributed by atoms with Crippen LogP contribution >= 0.6 is 11.8 Å². The monoisotopic (exact) mass is 628 g/mol. The molecule has 0 aliphatic heterocycles. The van der Waals surface area contributed by atoms with Gasteiger partial charge in [-0.1, -0.05) is 18.2 Å². The summed E-state index contributed by atoms with van der Waals surface area (Å²) in [4.78, 5) is 65.7. The van der Waals surface area contributed by atoms with Gasteiger partial charge in [-0.05, 0) is 49.3 Å². The van der Waals surface area contributed by atoms with Crippen molar-refractivity contribution in [2.24, 2.45) is 22.2 Å². The normalized spacial score (nSPS) is 13.8. The third kappa shape index (κ3) is 10.3. The lowest BCUT2D eigenvalue weighted by molar-refractivity contribution is -0.142. The Labute approximate surface area is 258 Å². The summed E-state index contributed by atoms with van der Waals surface area (Å²) in [5, 5.41) is 18.4. The molecule has 3 aromatic rings. The molecule has 0 saturated heterocycles. The molecule has 4 atom stereocenters. The van der Waals surface area contributed by atoms with Crippen molar-refractivity contribution in [2.45, 2.75) is 56.3 Å². The summed E-state index contributed by atoms with van der Waals surface area (Å²) >= 11 is 1.45. The number of para-hydroxylation sites is 1. The zero-order valence-electron chi connectivity index (χ0n) is 24.4. The summed E-state index contributed by atoms with van der Waals surface area (Å²) in [7, 11) is 0. The number of imidazole rings is 1. The summed E-state index contributed by atoms with van der Waals surface area (Å²) in [6, 6.07) is 3.25. The zero-order chi connectivity index (χ0) is 32.1. The van der Waals surface area contributed by atoms with Crippen molar-refractivity contribution in [1.82, 2.24) is 30.9 Å². The number of nitrogens with two attached hydrogens (primary N) is 3.